The Bertz CT molecular complexity index is 1310. The second-order valence-electron chi connectivity index (χ2n) is 7.70. The van der Waals surface area contributed by atoms with E-state index >= 15 is 0 Å². The molecule has 1 atom stereocenters. The van der Waals surface area contributed by atoms with E-state index in [1.54, 1.807) is 13.0 Å². The lowest BCUT2D eigenvalue weighted by molar-refractivity contribution is -0.139. The highest BCUT2D eigenvalue weighted by molar-refractivity contribution is 5.99. The Labute approximate surface area is 184 Å². The number of hydrogen-bond acceptors (Lipinski definition) is 5. The molecule has 0 bridgehead atoms. The number of aryl methyl sites for hydroxylation is 1. The Morgan fingerprint density at radius 1 is 1.03 bits per heavy atom. The van der Waals surface area contributed by atoms with Crippen molar-refractivity contribution in [3.63, 3.8) is 0 Å². The first-order chi connectivity index (χ1) is 15.4. The summed E-state index contributed by atoms with van der Waals surface area (Å²) in [6.45, 7) is 1.93. The topological polar surface area (TPSA) is 99.8 Å². The molecule has 0 radical (unpaired) electrons. The molecule has 0 aliphatic heterocycles. The van der Waals surface area contributed by atoms with Crippen molar-refractivity contribution in [1.82, 2.24) is 5.32 Å². The predicted molar refractivity (Wildman–Crippen MR) is 123 cm³/mol. The second-order valence-corrected chi connectivity index (χ2v) is 7.70. The maximum atomic E-state index is 12.1. The second kappa shape index (κ2) is 9.08. The molecule has 0 amide bonds. The molecule has 1 aromatic heterocycles. The van der Waals surface area contributed by atoms with Crippen LogP contribution in [0.25, 0.3) is 22.1 Å². The summed E-state index contributed by atoms with van der Waals surface area (Å²) in [7, 11) is 0. The standard InChI is InChI=1S/C26H23NO5/c1-16-12-22-24(19(14-23(28)32-22)18-10-6-3-7-11-18)25(29)20(16)15-27-21(26(30)31)13-17-8-4-2-5-9-17/h2-12,14,21,27,29H,13,15H2,1H3,(H,30,31)/t21-/m0/s1. The van der Waals surface area contributed by atoms with Crippen molar-refractivity contribution < 1.29 is 19.4 Å². The number of rotatable bonds is 7. The van der Waals surface area contributed by atoms with Gasteiger partial charge in [-0.2, -0.15) is 0 Å². The van der Waals surface area contributed by atoms with E-state index < -0.39 is 17.6 Å². The van der Waals surface area contributed by atoms with Crippen LogP contribution in [0.2, 0.25) is 0 Å². The summed E-state index contributed by atoms with van der Waals surface area (Å²) in [4.78, 5) is 23.9. The molecule has 6 heteroatoms. The van der Waals surface area contributed by atoms with Crippen LogP contribution in [0.1, 0.15) is 16.7 Å². The van der Waals surface area contributed by atoms with E-state index in [-0.39, 0.29) is 17.9 Å². The van der Waals surface area contributed by atoms with Gasteiger partial charge in [-0.25, -0.2) is 4.79 Å². The van der Waals surface area contributed by atoms with Gasteiger partial charge in [0.1, 0.15) is 17.4 Å². The van der Waals surface area contributed by atoms with Crippen LogP contribution in [0.3, 0.4) is 0 Å². The highest BCUT2D eigenvalue weighted by Crippen LogP contribution is 2.37. The van der Waals surface area contributed by atoms with Crippen LogP contribution in [0.4, 0.5) is 0 Å². The molecule has 0 aliphatic carbocycles. The number of aliphatic carboxylic acids is 1. The van der Waals surface area contributed by atoms with Crippen molar-refractivity contribution >= 4 is 16.9 Å². The maximum Gasteiger partial charge on any atom is 0.336 e. The van der Waals surface area contributed by atoms with Crippen LogP contribution in [0.5, 0.6) is 5.75 Å². The van der Waals surface area contributed by atoms with Gasteiger partial charge in [0, 0.05) is 23.7 Å². The summed E-state index contributed by atoms with van der Waals surface area (Å²) in [5.41, 5.74) is 3.28. The summed E-state index contributed by atoms with van der Waals surface area (Å²) in [5.74, 6) is -0.998. The lowest BCUT2D eigenvalue weighted by Gasteiger charge is -2.18. The molecule has 4 aromatic rings. The Morgan fingerprint density at radius 2 is 1.69 bits per heavy atom. The summed E-state index contributed by atoms with van der Waals surface area (Å²) >= 11 is 0. The molecule has 0 saturated heterocycles. The van der Waals surface area contributed by atoms with Crippen LogP contribution >= 0.6 is 0 Å². The molecule has 0 spiro atoms. The first-order valence-electron chi connectivity index (χ1n) is 10.3. The fraction of sp³-hybridized carbons (Fsp3) is 0.154. The van der Waals surface area contributed by atoms with Gasteiger partial charge in [0.15, 0.2) is 0 Å². The van der Waals surface area contributed by atoms with E-state index in [2.05, 4.69) is 5.32 Å². The monoisotopic (exact) mass is 429 g/mol. The zero-order valence-electron chi connectivity index (χ0n) is 17.5. The van der Waals surface area contributed by atoms with Gasteiger partial charge in [-0.1, -0.05) is 60.7 Å². The zero-order chi connectivity index (χ0) is 22.7. The van der Waals surface area contributed by atoms with Gasteiger partial charge in [0.2, 0.25) is 0 Å². The molecular formula is C26H23NO5. The number of aromatic hydroxyl groups is 1. The van der Waals surface area contributed by atoms with Crippen molar-refractivity contribution in [2.75, 3.05) is 0 Å². The zero-order valence-corrected chi connectivity index (χ0v) is 17.5. The molecule has 0 unspecified atom stereocenters. The lowest BCUT2D eigenvalue weighted by atomic mass is 9.96. The number of carboxylic acid groups (broad SMARTS) is 1. The average molecular weight is 429 g/mol. The number of phenols is 1. The normalized spacial score (nSPS) is 12.0. The number of carboxylic acids is 1. The lowest BCUT2D eigenvalue weighted by Crippen LogP contribution is -2.38. The molecule has 162 valence electrons. The summed E-state index contributed by atoms with van der Waals surface area (Å²) in [6, 6.07) is 20.9. The van der Waals surface area contributed by atoms with Crippen LogP contribution in [-0.2, 0) is 17.8 Å². The molecule has 3 aromatic carbocycles. The molecule has 0 saturated carbocycles. The Hall–Kier alpha value is -3.90. The Balaban J connectivity index is 1.72. The minimum Gasteiger partial charge on any atom is -0.507 e. The third-order valence-electron chi connectivity index (χ3n) is 5.53. The fourth-order valence-corrected chi connectivity index (χ4v) is 3.87. The van der Waals surface area contributed by atoms with Gasteiger partial charge in [-0.15, -0.1) is 0 Å². The van der Waals surface area contributed by atoms with Gasteiger partial charge in [-0.05, 0) is 36.1 Å². The minimum absolute atomic E-state index is 0.0287. The third-order valence-corrected chi connectivity index (χ3v) is 5.53. The molecule has 4 rings (SSSR count). The quantitative estimate of drug-likeness (QED) is 0.380. The van der Waals surface area contributed by atoms with Crippen LogP contribution in [0, 0.1) is 6.92 Å². The highest BCUT2D eigenvalue weighted by atomic mass is 16.4. The summed E-state index contributed by atoms with van der Waals surface area (Å²) in [5, 5.41) is 24.3. The van der Waals surface area contributed by atoms with Crippen molar-refractivity contribution in [2.45, 2.75) is 25.9 Å². The smallest absolute Gasteiger partial charge is 0.336 e. The molecular weight excluding hydrogens is 406 g/mol. The van der Waals surface area contributed by atoms with E-state index in [1.807, 2.05) is 60.7 Å². The molecule has 0 aliphatic rings. The van der Waals surface area contributed by atoms with E-state index in [0.717, 1.165) is 11.1 Å². The minimum atomic E-state index is -0.970. The van der Waals surface area contributed by atoms with E-state index in [0.29, 0.717) is 28.5 Å². The third kappa shape index (κ3) is 4.40. The van der Waals surface area contributed by atoms with Crippen molar-refractivity contribution in [1.29, 1.82) is 0 Å². The number of nitrogens with one attached hydrogen (secondary N) is 1. The number of phenolic OH excluding ortho intramolecular Hbond substituents is 1. The number of fused-ring (bicyclic) bond motifs is 1. The Kier molecular flexibility index (Phi) is 6.05. The molecule has 1 heterocycles. The van der Waals surface area contributed by atoms with Crippen molar-refractivity contribution in [3.05, 3.63) is 99.9 Å². The highest BCUT2D eigenvalue weighted by Gasteiger charge is 2.21. The van der Waals surface area contributed by atoms with Crippen LogP contribution in [0.15, 0.2) is 82.0 Å². The van der Waals surface area contributed by atoms with Gasteiger partial charge < -0.3 is 14.6 Å². The van der Waals surface area contributed by atoms with Crippen LogP contribution < -0.4 is 10.9 Å². The SMILES string of the molecule is Cc1cc2oc(=O)cc(-c3ccccc3)c2c(O)c1CN[C@@H](Cc1ccccc1)C(=O)O. The van der Waals surface area contributed by atoms with Gasteiger partial charge in [0.25, 0.3) is 0 Å². The van der Waals surface area contributed by atoms with Crippen molar-refractivity contribution in [3.8, 4) is 16.9 Å². The first-order valence-corrected chi connectivity index (χ1v) is 10.3. The summed E-state index contributed by atoms with van der Waals surface area (Å²) < 4.78 is 5.35. The van der Waals surface area contributed by atoms with Gasteiger partial charge in [-0.3, -0.25) is 10.1 Å². The van der Waals surface area contributed by atoms with E-state index in [9.17, 15) is 19.8 Å². The van der Waals surface area contributed by atoms with Crippen LogP contribution in [-0.4, -0.2) is 22.2 Å². The number of benzene rings is 3. The Morgan fingerprint density at radius 3 is 2.34 bits per heavy atom. The first kappa shape index (κ1) is 21.3. The van der Waals surface area contributed by atoms with Gasteiger partial charge in [0.05, 0.1) is 5.39 Å². The predicted octanol–water partition coefficient (Wildman–Crippen LogP) is 4.26. The largest absolute Gasteiger partial charge is 0.507 e. The maximum absolute atomic E-state index is 12.1. The van der Waals surface area contributed by atoms with E-state index in [1.165, 1.54) is 6.07 Å². The molecule has 0 fully saturated rings. The summed E-state index contributed by atoms with van der Waals surface area (Å²) in [6.07, 6.45) is 0.313. The fourth-order valence-electron chi connectivity index (χ4n) is 3.87. The molecule has 32 heavy (non-hydrogen) atoms. The average Bonchev–Trinajstić information content (AvgIpc) is 2.78. The van der Waals surface area contributed by atoms with Crippen molar-refractivity contribution in [2.24, 2.45) is 0 Å². The van der Waals surface area contributed by atoms with E-state index in [4.69, 9.17) is 4.42 Å². The number of hydrogen-bond donors (Lipinski definition) is 3. The molecule has 6 nitrogen and oxygen atoms in total. The number of carbonyl (C=O) groups is 1. The molecule has 3 N–H and O–H groups in total. The van der Waals surface area contributed by atoms with Gasteiger partial charge >= 0.3 is 11.6 Å².